The fourth-order valence-corrected chi connectivity index (χ4v) is 3.18. The Kier molecular flexibility index (Phi) is 5.86. The van der Waals surface area contributed by atoms with Crippen LogP contribution >= 0.6 is 0 Å². The highest BCUT2D eigenvalue weighted by molar-refractivity contribution is 5.87. The van der Waals surface area contributed by atoms with Gasteiger partial charge in [-0.25, -0.2) is 4.99 Å². The van der Waals surface area contributed by atoms with Crippen molar-refractivity contribution in [1.29, 1.82) is 0 Å². The Hall–Kier alpha value is -4.15. The fourth-order valence-electron chi connectivity index (χ4n) is 3.18. The topological polar surface area (TPSA) is 95.2 Å². The van der Waals surface area contributed by atoms with Crippen molar-refractivity contribution < 1.29 is 27.5 Å². The first-order chi connectivity index (χ1) is 15.7. The maximum absolute atomic E-state index is 12.8. The zero-order valence-electron chi connectivity index (χ0n) is 17.7. The van der Waals surface area contributed by atoms with Crippen molar-refractivity contribution in [3.8, 4) is 11.1 Å². The summed E-state index contributed by atoms with van der Waals surface area (Å²) in [6.45, 7) is 2.37. The molecule has 8 nitrogen and oxygen atoms in total. The maximum atomic E-state index is 12.8. The summed E-state index contributed by atoms with van der Waals surface area (Å²) >= 11 is 0. The molecule has 0 saturated heterocycles. The number of hydrogen-bond acceptors (Lipinski definition) is 5. The predicted octanol–water partition coefficient (Wildman–Crippen LogP) is 3.20. The third-order valence-corrected chi connectivity index (χ3v) is 5.00. The van der Waals surface area contributed by atoms with Crippen molar-refractivity contribution in [1.82, 2.24) is 15.1 Å². The van der Waals surface area contributed by atoms with Crippen molar-refractivity contribution in [3.63, 3.8) is 0 Å². The predicted molar refractivity (Wildman–Crippen MR) is 111 cm³/mol. The first-order valence-electron chi connectivity index (χ1n) is 9.83. The lowest BCUT2D eigenvalue weighted by Crippen LogP contribution is -2.35. The number of aliphatic imine (C=N–C) groups is 1. The summed E-state index contributed by atoms with van der Waals surface area (Å²) in [5.74, 6) is -0.0814. The molecule has 0 amide bonds. The lowest BCUT2D eigenvalue weighted by molar-refractivity contribution is -0.754. The van der Waals surface area contributed by atoms with Gasteiger partial charge in [-0.3, -0.25) is 9.20 Å². The van der Waals surface area contributed by atoms with Crippen molar-refractivity contribution in [2.24, 2.45) is 12.0 Å². The molecule has 2 aromatic carbocycles. The number of anilines is 1. The summed E-state index contributed by atoms with van der Waals surface area (Å²) in [4.78, 5) is 3.68. The molecule has 0 saturated carbocycles. The van der Waals surface area contributed by atoms with E-state index in [1.165, 1.54) is 23.0 Å². The zero-order chi connectivity index (χ0) is 23.6. The number of rotatable bonds is 5. The summed E-state index contributed by atoms with van der Waals surface area (Å²) in [7, 11) is 1.89. The number of hydrogen-bond donors (Lipinski definition) is 1. The van der Waals surface area contributed by atoms with E-state index in [1.54, 1.807) is 0 Å². The van der Waals surface area contributed by atoms with Gasteiger partial charge < -0.3 is 10.4 Å². The second-order valence-electron chi connectivity index (χ2n) is 7.32. The van der Waals surface area contributed by atoms with Crippen molar-refractivity contribution >= 4 is 17.6 Å². The van der Waals surface area contributed by atoms with Gasteiger partial charge in [-0.05, 0) is 35.4 Å². The van der Waals surface area contributed by atoms with Crippen LogP contribution < -0.4 is 15.1 Å². The highest BCUT2D eigenvalue weighted by Gasteiger charge is 2.30. The molecule has 11 heteroatoms. The highest BCUT2D eigenvalue weighted by atomic mass is 19.4. The van der Waals surface area contributed by atoms with Crippen LogP contribution in [0.5, 0.6) is 0 Å². The van der Waals surface area contributed by atoms with Crippen LogP contribution in [0.15, 0.2) is 70.4 Å². The third kappa shape index (κ3) is 5.20. The van der Waals surface area contributed by atoms with E-state index in [-0.39, 0.29) is 11.6 Å². The van der Waals surface area contributed by atoms with Crippen LogP contribution in [0.3, 0.4) is 0 Å². The molecule has 33 heavy (non-hydrogen) atoms. The third-order valence-electron chi connectivity index (χ3n) is 5.00. The zero-order valence-corrected chi connectivity index (χ0v) is 17.7. The normalized spacial score (nSPS) is 12.2. The largest absolute Gasteiger partial charge is 0.846 e. The molecule has 0 spiro atoms. The van der Waals surface area contributed by atoms with Crippen LogP contribution in [0.4, 0.5) is 24.7 Å². The number of benzene rings is 2. The van der Waals surface area contributed by atoms with E-state index in [2.05, 4.69) is 20.7 Å². The van der Waals surface area contributed by atoms with Crippen LogP contribution in [-0.2, 0) is 19.8 Å². The minimum atomic E-state index is -4.51. The SMILES string of the molecule is Cc1c(-c2ccc(C[n+]3cc(N=C([O-])Nc4cccc(C(F)(F)F)c4)on3)cc2)cnn1C. The van der Waals surface area contributed by atoms with Gasteiger partial charge in [-0.15, -0.1) is 0 Å². The lowest BCUT2D eigenvalue weighted by Gasteiger charge is -2.14. The molecule has 4 rings (SSSR count). The van der Waals surface area contributed by atoms with E-state index >= 15 is 0 Å². The van der Waals surface area contributed by atoms with Gasteiger partial charge in [0.1, 0.15) is 0 Å². The van der Waals surface area contributed by atoms with Crippen molar-refractivity contribution in [2.45, 2.75) is 19.6 Å². The molecule has 170 valence electrons. The second kappa shape index (κ2) is 8.77. The Morgan fingerprint density at radius 3 is 2.64 bits per heavy atom. The fraction of sp³-hybridized carbons (Fsp3) is 0.182. The highest BCUT2D eigenvalue weighted by Crippen LogP contribution is 2.30. The molecule has 4 aromatic rings. The average Bonchev–Trinajstić information content (AvgIpc) is 3.34. The number of nitrogens with one attached hydrogen (secondary N) is 1. The Morgan fingerprint density at radius 1 is 1.21 bits per heavy atom. The minimum absolute atomic E-state index is 0.0325. The van der Waals surface area contributed by atoms with E-state index in [4.69, 9.17) is 4.52 Å². The quantitative estimate of drug-likeness (QED) is 0.283. The Bertz CT molecular complexity index is 1290. The van der Waals surface area contributed by atoms with Crippen LogP contribution in [-0.4, -0.2) is 21.1 Å². The van der Waals surface area contributed by atoms with Crippen LogP contribution in [0.2, 0.25) is 0 Å². The molecule has 0 aliphatic heterocycles. The number of aromatic nitrogens is 4. The van der Waals surface area contributed by atoms with Crippen molar-refractivity contribution in [2.75, 3.05) is 5.32 Å². The number of amidine groups is 1. The van der Waals surface area contributed by atoms with E-state index in [1.807, 2.05) is 49.1 Å². The molecule has 0 aliphatic carbocycles. The molecular formula is C22H19F3N6O2. The van der Waals surface area contributed by atoms with Gasteiger partial charge in [0.15, 0.2) is 0 Å². The number of alkyl halides is 3. The van der Waals surface area contributed by atoms with Gasteiger partial charge in [-0.1, -0.05) is 30.3 Å². The molecule has 0 fully saturated rings. The van der Waals surface area contributed by atoms with Crippen molar-refractivity contribution in [3.05, 3.63) is 77.7 Å². The molecule has 0 unspecified atom stereocenters. The number of nitrogens with zero attached hydrogens (tertiary/aromatic N) is 5. The minimum Gasteiger partial charge on any atom is -0.846 e. The van der Waals surface area contributed by atoms with E-state index < -0.39 is 17.8 Å². The molecular weight excluding hydrogens is 437 g/mol. The van der Waals surface area contributed by atoms with Gasteiger partial charge in [0.25, 0.3) is 6.20 Å². The summed E-state index contributed by atoms with van der Waals surface area (Å²) < 4.78 is 46.7. The number of halogens is 3. The summed E-state index contributed by atoms with van der Waals surface area (Å²) in [5, 5.41) is 22.4. The summed E-state index contributed by atoms with van der Waals surface area (Å²) in [6.07, 6.45) is -1.27. The molecule has 2 heterocycles. The summed E-state index contributed by atoms with van der Waals surface area (Å²) in [5.41, 5.74) is 3.18. The van der Waals surface area contributed by atoms with Gasteiger partial charge in [-0.2, -0.15) is 18.3 Å². The standard InChI is InChI=1S/C22H19F3N6O2/c1-14-19(11-26-30(14)2)16-8-6-15(7-9-16)12-31-13-20(33-29-31)28-21(32)27-18-5-3-4-17(10-18)22(23,24)25/h3-11,13H,12H2,1-2H3,(H-,27,28,29,32). The van der Waals surface area contributed by atoms with Crippen LogP contribution in [0.25, 0.3) is 11.1 Å². The van der Waals surface area contributed by atoms with E-state index in [0.29, 0.717) is 6.54 Å². The second-order valence-corrected chi connectivity index (χ2v) is 7.32. The van der Waals surface area contributed by atoms with Gasteiger partial charge in [0.05, 0.1) is 17.8 Å². The Labute approximate surface area is 186 Å². The molecule has 0 bridgehead atoms. The average molecular weight is 456 g/mol. The first kappa shape index (κ1) is 22.1. The van der Waals surface area contributed by atoms with Gasteiger partial charge in [0.2, 0.25) is 11.8 Å². The smallest absolute Gasteiger partial charge is 0.416 e. The molecule has 0 atom stereocenters. The van der Waals surface area contributed by atoms with Crippen LogP contribution in [0.1, 0.15) is 16.8 Å². The van der Waals surface area contributed by atoms with E-state index in [0.717, 1.165) is 34.5 Å². The van der Waals surface area contributed by atoms with Gasteiger partial charge >= 0.3 is 12.1 Å². The first-order valence-corrected chi connectivity index (χ1v) is 9.83. The lowest BCUT2D eigenvalue weighted by atomic mass is 10.0. The molecule has 1 N–H and O–H groups in total. The molecule has 2 aromatic heterocycles. The molecule has 0 aliphatic rings. The number of aryl methyl sites for hydroxylation is 1. The summed E-state index contributed by atoms with van der Waals surface area (Å²) in [6, 6.07) is 11.2. The van der Waals surface area contributed by atoms with Crippen LogP contribution in [0, 0.1) is 6.92 Å². The molecule has 0 radical (unpaired) electrons. The Morgan fingerprint density at radius 2 is 1.97 bits per heavy atom. The Balaban J connectivity index is 1.41. The maximum Gasteiger partial charge on any atom is 0.416 e. The van der Waals surface area contributed by atoms with Gasteiger partial charge in [0, 0.05) is 29.6 Å². The van der Waals surface area contributed by atoms with E-state index in [9.17, 15) is 18.3 Å². The monoisotopic (exact) mass is 456 g/mol.